The van der Waals surface area contributed by atoms with E-state index in [4.69, 9.17) is 0 Å². The minimum atomic E-state index is -2.89. The molecule has 1 aromatic rings. The molecule has 0 aromatic heterocycles. The van der Waals surface area contributed by atoms with Crippen molar-refractivity contribution in [3.8, 4) is 11.5 Å². The summed E-state index contributed by atoms with van der Waals surface area (Å²) in [5.41, 5.74) is 0. The van der Waals surface area contributed by atoms with Crippen molar-refractivity contribution in [2.45, 2.75) is 6.61 Å². The summed E-state index contributed by atoms with van der Waals surface area (Å²) in [6.07, 6.45) is 0. The van der Waals surface area contributed by atoms with Crippen LogP contribution >= 0.6 is 0 Å². The van der Waals surface area contributed by atoms with Crippen LogP contribution < -0.4 is 9.47 Å². The SMILES string of the molecule is FCOc1cccc(OC(F)F)c1. The van der Waals surface area contributed by atoms with Gasteiger partial charge in [-0.3, -0.25) is 0 Å². The Kier molecular flexibility index (Phi) is 3.42. The minimum absolute atomic E-state index is 0.0547. The average molecular weight is 192 g/mol. The fraction of sp³-hybridized carbons (Fsp3) is 0.250. The van der Waals surface area contributed by atoms with Crippen molar-refractivity contribution in [1.82, 2.24) is 0 Å². The van der Waals surface area contributed by atoms with Crippen LogP contribution in [0.25, 0.3) is 0 Å². The Morgan fingerprint density at radius 3 is 2.54 bits per heavy atom. The molecule has 0 spiro atoms. The molecule has 0 saturated carbocycles. The van der Waals surface area contributed by atoms with Crippen LogP contribution in [0.3, 0.4) is 0 Å². The second kappa shape index (κ2) is 4.59. The second-order valence-corrected chi connectivity index (χ2v) is 2.11. The Morgan fingerprint density at radius 2 is 1.92 bits per heavy atom. The molecule has 0 aliphatic heterocycles. The Morgan fingerprint density at radius 1 is 1.23 bits per heavy atom. The first-order chi connectivity index (χ1) is 6.22. The molecule has 0 unspecified atom stereocenters. The van der Waals surface area contributed by atoms with Gasteiger partial charge in [-0.05, 0) is 12.1 Å². The van der Waals surface area contributed by atoms with Gasteiger partial charge in [-0.25, -0.2) is 4.39 Å². The number of hydrogen-bond acceptors (Lipinski definition) is 2. The predicted octanol–water partition coefficient (Wildman–Crippen LogP) is 2.59. The summed E-state index contributed by atoms with van der Waals surface area (Å²) >= 11 is 0. The fourth-order valence-electron chi connectivity index (χ4n) is 0.803. The van der Waals surface area contributed by atoms with Crippen LogP contribution in [0.4, 0.5) is 13.2 Å². The van der Waals surface area contributed by atoms with Crippen LogP contribution in [-0.2, 0) is 0 Å². The molecule has 0 heterocycles. The molecule has 2 nitrogen and oxygen atoms in total. The van der Waals surface area contributed by atoms with Gasteiger partial charge in [0.1, 0.15) is 11.5 Å². The standard InChI is InChI=1S/C8H7F3O2/c9-5-12-6-2-1-3-7(4-6)13-8(10)11/h1-4,8H,5H2. The van der Waals surface area contributed by atoms with Gasteiger partial charge in [0.15, 0.2) is 0 Å². The second-order valence-electron chi connectivity index (χ2n) is 2.11. The third-order valence-electron chi connectivity index (χ3n) is 1.25. The highest BCUT2D eigenvalue weighted by atomic mass is 19.3. The molecule has 0 N–H and O–H groups in total. The van der Waals surface area contributed by atoms with Gasteiger partial charge in [-0.1, -0.05) is 6.07 Å². The normalized spacial score (nSPS) is 10.2. The lowest BCUT2D eigenvalue weighted by atomic mass is 10.3. The maximum atomic E-state index is 11.7. The third kappa shape index (κ3) is 3.23. The van der Waals surface area contributed by atoms with E-state index in [1.54, 1.807) is 0 Å². The first-order valence-electron chi connectivity index (χ1n) is 3.46. The predicted molar refractivity (Wildman–Crippen MR) is 39.7 cm³/mol. The molecule has 0 radical (unpaired) electrons. The van der Waals surface area contributed by atoms with Crippen LogP contribution in [0, 0.1) is 0 Å². The zero-order valence-corrected chi connectivity index (χ0v) is 6.54. The molecule has 13 heavy (non-hydrogen) atoms. The minimum Gasteiger partial charge on any atom is -0.463 e. The van der Waals surface area contributed by atoms with Gasteiger partial charge in [0, 0.05) is 6.07 Å². The summed E-state index contributed by atoms with van der Waals surface area (Å²) in [6, 6.07) is 5.39. The molecule has 0 aliphatic carbocycles. The highest BCUT2D eigenvalue weighted by molar-refractivity contribution is 5.32. The highest BCUT2D eigenvalue weighted by Gasteiger charge is 2.04. The summed E-state index contributed by atoms with van der Waals surface area (Å²) in [4.78, 5) is 0. The van der Waals surface area contributed by atoms with Crippen LogP contribution in [-0.4, -0.2) is 13.5 Å². The number of ether oxygens (including phenoxy) is 2. The molecule has 0 aliphatic rings. The van der Waals surface area contributed by atoms with Crippen LogP contribution in [0.15, 0.2) is 24.3 Å². The van der Waals surface area contributed by atoms with Gasteiger partial charge in [0.05, 0.1) is 0 Å². The van der Waals surface area contributed by atoms with E-state index >= 15 is 0 Å². The Bertz CT molecular complexity index is 265. The lowest BCUT2D eigenvalue weighted by Crippen LogP contribution is -2.01. The summed E-state index contributed by atoms with van der Waals surface area (Å²) < 4.78 is 43.6. The quantitative estimate of drug-likeness (QED) is 0.729. The molecule has 0 saturated heterocycles. The van der Waals surface area contributed by atoms with Crippen LogP contribution in [0.2, 0.25) is 0 Å². The summed E-state index contributed by atoms with van der Waals surface area (Å²) in [6.45, 7) is -3.89. The number of alkyl halides is 3. The smallest absolute Gasteiger partial charge is 0.387 e. The maximum Gasteiger partial charge on any atom is 0.387 e. The van der Waals surface area contributed by atoms with E-state index < -0.39 is 13.5 Å². The van der Waals surface area contributed by atoms with Gasteiger partial charge >= 0.3 is 6.61 Å². The molecule has 72 valence electrons. The molecule has 0 bridgehead atoms. The third-order valence-corrected chi connectivity index (χ3v) is 1.25. The number of rotatable bonds is 4. The lowest BCUT2D eigenvalue weighted by Gasteiger charge is -2.05. The number of benzene rings is 1. The molecule has 5 heteroatoms. The van der Waals surface area contributed by atoms with Crippen molar-refractivity contribution in [1.29, 1.82) is 0 Å². The largest absolute Gasteiger partial charge is 0.463 e. The fourth-order valence-corrected chi connectivity index (χ4v) is 0.803. The molecular formula is C8H7F3O2. The first kappa shape index (κ1) is 9.70. The zero-order chi connectivity index (χ0) is 9.68. The summed E-state index contributed by atoms with van der Waals surface area (Å²) in [7, 11) is 0. The summed E-state index contributed by atoms with van der Waals surface area (Å²) in [5.74, 6) is 0.0987. The van der Waals surface area contributed by atoms with Gasteiger partial charge in [-0.2, -0.15) is 8.78 Å². The van der Waals surface area contributed by atoms with E-state index in [9.17, 15) is 13.2 Å². The van der Waals surface area contributed by atoms with E-state index in [0.29, 0.717) is 0 Å². The Labute approximate surface area is 72.9 Å². The molecule has 1 aromatic carbocycles. The average Bonchev–Trinajstić information content (AvgIpc) is 2.04. The molecule has 1 rings (SSSR count). The molecular weight excluding hydrogens is 185 g/mol. The monoisotopic (exact) mass is 192 g/mol. The van der Waals surface area contributed by atoms with E-state index in [-0.39, 0.29) is 11.5 Å². The zero-order valence-electron chi connectivity index (χ0n) is 6.54. The van der Waals surface area contributed by atoms with Crippen LogP contribution in [0.1, 0.15) is 0 Å². The van der Waals surface area contributed by atoms with E-state index in [1.807, 2.05) is 0 Å². The van der Waals surface area contributed by atoms with E-state index in [1.165, 1.54) is 24.3 Å². The molecule has 0 atom stereocenters. The highest BCUT2D eigenvalue weighted by Crippen LogP contribution is 2.20. The van der Waals surface area contributed by atoms with E-state index in [0.717, 1.165) is 0 Å². The van der Waals surface area contributed by atoms with E-state index in [2.05, 4.69) is 9.47 Å². The first-order valence-corrected chi connectivity index (χ1v) is 3.46. The Hall–Kier alpha value is -1.39. The number of hydrogen-bond donors (Lipinski definition) is 0. The van der Waals surface area contributed by atoms with Crippen molar-refractivity contribution < 1.29 is 22.6 Å². The van der Waals surface area contributed by atoms with Crippen molar-refractivity contribution in [2.75, 3.05) is 6.86 Å². The van der Waals surface area contributed by atoms with Crippen molar-refractivity contribution >= 4 is 0 Å². The van der Waals surface area contributed by atoms with Gasteiger partial charge in [0.2, 0.25) is 6.86 Å². The molecule has 0 amide bonds. The van der Waals surface area contributed by atoms with Crippen molar-refractivity contribution in [2.24, 2.45) is 0 Å². The molecule has 0 fully saturated rings. The van der Waals surface area contributed by atoms with Crippen molar-refractivity contribution in [3.05, 3.63) is 24.3 Å². The van der Waals surface area contributed by atoms with Gasteiger partial charge < -0.3 is 9.47 Å². The summed E-state index contributed by atoms with van der Waals surface area (Å²) in [5, 5.41) is 0. The topological polar surface area (TPSA) is 18.5 Å². The van der Waals surface area contributed by atoms with Crippen LogP contribution in [0.5, 0.6) is 11.5 Å². The maximum absolute atomic E-state index is 11.7. The number of halogens is 3. The van der Waals surface area contributed by atoms with Gasteiger partial charge in [0.25, 0.3) is 0 Å². The lowest BCUT2D eigenvalue weighted by molar-refractivity contribution is -0.0499. The Balaban J connectivity index is 2.67. The van der Waals surface area contributed by atoms with Crippen molar-refractivity contribution in [3.63, 3.8) is 0 Å². The van der Waals surface area contributed by atoms with Gasteiger partial charge in [-0.15, -0.1) is 0 Å².